The summed E-state index contributed by atoms with van der Waals surface area (Å²) in [5, 5.41) is 3.81. The molecule has 1 aromatic heterocycles. The number of ether oxygens (including phenoxy) is 2. The summed E-state index contributed by atoms with van der Waals surface area (Å²) in [5.74, 6) is 0. The fourth-order valence-electron chi connectivity index (χ4n) is 6.88. The second kappa shape index (κ2) is 9.44. The van der Waals surface area contributed by atoms with Crippen LogP contribution in [0.1, 0.15) is 56.2 Å². The van der Waals surface area contributed by atoms with Crippen LogP contribution in [-0.2, 0) is 21.4 Å². The smallest absolute Gasteiger partial charge is 0.0760 e. The van der Waals surface area contributed by atoms with Gasteiger partial charge in [-0.1, -0.05) is 36.4 Å². The third kappa shape index (κ3) is 4.19. The molecule has 2 bridgehead atoms. The third-order valence-corrected chi connectivity index (χ3v) is 8.61. The molecule has 6 rings (SSSR count). The van der Waals surface area contributed by atoms with Gasteiger partial charge in [-0.2, -0.15) is 0 Å². The minimum Gasteiger partial charge on any atom is -0.377 e. The van der Waals surface area contributed by atoms with Crippen molar-refractivity contribution in [2.24, 2.45) is 0 Å². The molecule has 1 N–H and O–H groups in total. The summed E-state index contributed by atoms with van der Waals surface area (Å²) in [6.45, 7) is 4.42. The molecule has 3 fully saturated rings. The van der Waals surface area contributed by atoms with Gasteiger partial charge >= 0.3 is 0 Å². The van der Waals surface area contributed by atoms with E-state index < -0.39 is 0 Å². The molecule has 5 nitrogen and oxygen atoms in total. The molecule has 3 saturated heterocycles. The molecule has 0 amide bonds. The maximum atomic E-state index is 6.36. The van der Waals surface area contributed by atoms with Gasteiger partial charge in [-0.25, -0.2) is 0 Å². The van der Waals surface area contributed by atoms with Gasteiger partial charge in [0.25, 0.3) is 0 Å². The minimum atomic E-state index is -0.0298. The van der Waals surface area contributed by atoms with Gasteiger partial charge in [0.15, 0.2) is 0 Å². The van der Waals surface area contributed by atoms with Gasteiger partial charge in [0, 0.05) is 36.1 Å². The SMILES string of the molecule is C1=CCC2(C1)CC(CCNCc1ccccc1N1C3CCC1COC3)(c1ccccn1)CCO2. The van der Waals surface area contributed by atoms with Crippen LogP contribution >= 0.6 is 0 Å². The van der Waals surface area contributed by atoms with Gasteiger partial charge in [0.2, 0.25) is 0 Å². The second-order valence-electron chi connectivity index (χ2n) is 10.7. The van der Waals surface area contributed by atoms with Crippen LogP contribution in [0.15, 0.2) is 60.8 Å². The second-order valence-corrected chi connectivity index (χ2v) is 10.7. The van der Waals surface area contributed by atoms with Crippen molar-refractivity contribution in [2.45, 2.75) is 74.6 Å². The number of benzene rings is 1. The first-order chi connectivity index (χ1) is 16.8. The summed E-state index contributed by atoms with van der Waals surface area (Å²) in [4.78, 5) is 7.49. The van der Waals surface area contributed by atoms with Gasteiger partial charge < -0.3 is 19.7 Å². The van der Waals surface area contributed by atoms with Crippen molar-refractivity contribution >= 4 is 5.69 Å². The lowest BCUT2D eigenvalue weighted by atomic mass is 9.67. The molecule has 3 unspecified atom stereocenters. The molecule has 3 aliphatic heterocycles. The van der Waals surface area contributed by atoms with Crippen LogP contribution < -0.4 is 10.2 Å². The maximum Gasteiger partial charge on any atom is 0.0760 e. The molecule has 1 aliphatic carbocycles. The molecule has 1 spiro atoms. The van der Waals surface area contributed by atoms with Gasteiger partial charge in [-0.3, -0.25) is 4.98 Å². The highest BCUT2D eigenvalue weighted by Crippen LogP contribution is 2.48. The Morgan fingerprint density at radius 1 is 1.00 bits per heavy atom. The Labute approximate surface area is 203 Å². The Balaban J connectivity index is 1.15. The first kappa shape index (κ1) is 22.3. The van der Waals surface area contributed by atoms with Crippen LogP contribution in [0.4, 0.5) is 5.69 Å². The standard InChI is InChI=1S/C29H37N3O2/c1-2-8-26(32-24-10-11-25(32)21-33-20-24)23(7-1)19-30-17-14-28(27-9-3-6-16-31-27)15-18-34-29(22-28)12-4-5-13-29/h1-9,16,24-25,30H,10-15,17-22H2. The van der Waals surface area contributed by atoms with E-state index in [1.807, 2.05) is 12.3 Å². The van der Waals surface area contributed by atoms with Crippen molar-refractivity contribution in [1.29, 1.82) is 0 Å². The Kier molecular flexibility index (Phi) is 6.18. The van der Waals surface area contributed by atoms with E-state index in [-0.39, 0.29) is 11.0 Å². The summed E-state index contributed by atoms with van der Waals surface area (Å²) in [6, 6.07) is 16.4. The van der Waals surface area contributed by atoms with Crippen LogP contribution in [0.3, 0.4) is 0 Å². The van der Waals surface area contributed by atoms with Crippen molar-refractivity contribution in [3.63, 3.8) is 0 Å². The van der Waals surface area contributed by atoms with E-state index in [1.165, 1.54) is 29.8 Å². The van der Waals surface area contributed by atoms with E-state index in [0.29, 0.717) is 12.1 Å². The number of nitrogens with zero attached hydrogens (tertiary/aromatic N) is 2. The lowest BCUT2D eigenvalue weighted by molar-refractivity contribution is -0.100. The zero-order valence-corrected chi connectivity index (χ0v) is 20.1. The van der Waals surface area contributed by atoms with Gasteiger partial charge in [-0.15, -0.1) is 0 Å². The zero-order chi connectivity index (χ0) is 22.8. The molecule has 1 aromatic carbocycles. The van der Waals surface area contributed by atoms with Crippen LogP contribution in [-0.4, -0.2) is 49.0 Å². The van der Waals surface area contributed by atoms with Crippen molar-refractivity contribution in [3.8, 4) is 0 Å². The maximum absolute atomic E-state index is 6.36. The first-order valence-corrected chi connectivity index (χ1v) is 13.1. The van der Waals surface area contributed by atoms with Crippen LogP contribution in [0.2, 0.25) is 0 Å². The number of pyridine rings is 1. The highest BCUT2D eigenvalue weighted by atomic mass is 16.5. The fourth-order valence-corrected chi connectivity index (χ4v) is 6.88. The number of morpholine rings is 1. The van der Waals surface area contributed by atoms with Crippen LogP contribution in [0.25, 0.3) is 0 Å². The number of aromatic nitrogens is 1. The van der Waals surface area contributed by atoms with Crippen LogP contribution in [0.5, 0.6) is 0 Å². The summed E-state index contributed by atoms with van der Waals surface area (Å²) >= 11 is 0. The topological polar surface area (TPSA) is 46.6 Å². The zero-order valence-electron chi connectivity index (χ0n) is 20.1. The Morgan fingerprint density at radius 3 is 2.59 bits per heavy atom. The Bertz CT molecular complexity index is 985. The number of hydrogen-bond acceptors (Lipinski definition) is 5. The van der Waals surface area contributed by atoms with E-state index in [2.05, 4.69) is 58.8 Å². The van der Waals surface area contributed by atoms with E-state index in [1.54, 1.807) is 0 Å². The molecule has 180 valence electrons. The molecular formula is C29H37N3O2. The number of rotatable bonds is 7. The number of fused-ring (bicyclic) bond motifs is 2. The summed E-state index contributed by atoms with van der Waals surface area (Å²) < 4.78 is 12.2. The predicted molar refractivity (Wildman–Crippen MR) is 135 cm³/mol. The van der Waals surface area contributed by atoms with E-state index in [9.17, 15) is 0 Å². The van der Waals surface area contributed by atoms with Crippen LogP contribution in [0, 0.1) is 0 Å². The highest BCUT2D eigenvalue weighted by Gasteiger charge is 2.47. The molecule has 0 radical (unpaired) electrons. The van der Waals surface area contributed by atoms with Crippen molar-refractivity contribution in [2.75, 3.05) is 31.3 Å². The number of nitrogens with one attached hydrogen (secondary N) is 1. The van der Waals surface area contributed by atoms with Crippen molar-refractivity contribution < 1.29 is 9.47 Å². The quantitative estimate of drug-likeness (QED) is 0.478. The fraction of sp³-hybridized carbons (Fsp3) is 0.552. The molecule has 34 heavy (non-hydrogen) atoms. The average molecular weight is 460 g/mol. The van der Waals surface area contributed by atoms with E-state index in [4.69, 9.17) is 14.5 Å². The third-order valence-electron chi connectivity index (χ3n) is 8.61. The van der Waals surface area contributed by atoms with Gasteiger partial charge in [0.1, 0.15) is 0 Å². The summed E-state index contributed by atoms with van der Waals surface area (Å²) in [6.07, 6.45) is 14.3. The first-order valence-electron chi connectivity index (χ1n) is 13.1. The molecule has 0 saturated carbocycles. The molecule has 2 aromatic rings. The highest BCUT2D eigenvalue weighted by molar-refractivity contribution is 5.56. The van der Waals surface area contributed by atoms with E-state index >= 15 is 0 Å². The molecule has 3 atom stereocenters. The number of anilines is 1. The molecule has 4 aliphatic rings. The largest absolute Gasteiger partial charge is 0.377 e. The van der Waals surface area contributed by atoms with Crippen molar-refractivity contribution in [3.05, 3.63) is 72.1 Å². The van der Waals surface area contributed by atoms with Gasteiger partial charge in [-0.05, 0) is 75.3 Å². The summed E-state index contributed by atoms with van der Waals surface area (Å²) in [7, 11) is 0. The van der Waals surface area contributed by atoms with E-state index in [0.717, 1.165) is 65.0 Å². The molecular weight excluding hydrogens is 422 g/mol. The Morgan fingerprint density at radius 2 is 1.79 bits per heavy atom. The average Bonchev–Trinajstić information content (AvgIpc) is 3.42. The Hall–Kier alpha value is -2.21. The number of para-hydroxylation sites is 1. The molecule has 5 heteroatoms. The lowest BCUT2D eigenvalue weighted by Gasteiger charge is -2.46. The predicted octanol–water partition coefficient (Wildman–Crippen LogP) is 4.77. The van der Waals surface area contributed by atoms with Gasteiger partial charge in [0.05, 0.1) is 30.9 Å². The molecule has 4 heterocycles. The normalized spacial score (nSPS) is 29.7. The summed E-state index contributed by atoms with van der Waals surface area (Å²) in [5.41, 5.74) is 4.07. The lowest BCUT2D eigenvalue weighted by Crippen LogP contribution is -2.47. The monoisotopic (exact) mass is 459 g/mol. The minimum absolute atomic E-state index is 0.0298. The van der Waals surface area contributed by atoms with Crippen molar-refractivity contribution in [1.82, 2.24) is 10.3 Å². The number of hydrogen-bond donors (Lipinski definition) is 1.